The molecule has 1 amide bonds. The molecule has 5 heteroatoms. The molecule has 0 aliphatic carbocycles. The van der Waals surface area contributed by atoms with Crippen LogP contribution in [0.1, 0.15) is 20.2 Å². The van der Waals surface area contributed by atoms with Gasteiger partial charge in [-0.1, -0.05) is 18.2 Å². The number of ether oxygens (including phenoxy) is 1. The smallest absolute Gasteiger partial charge is 0.262 e. The van der Waals surface area contributed by atoms with Gasteiger partial charge in [-0.2, -0.15) is 0 Å². The molecule has 0 bridgehead atoms. The maximum atomic E-state index is 11.4. The highest BCUT2D eigenvalue weighted by atomic mass is 32.1. The van der Waals surface area contributed by atoms with Crippen LogP contribution in [-0.4, -0.2) is 25.0 Å². The van der Waals surface area contributed by atoms with Crippen LogP contribution in [0.25, 0.3) is 12.2 Å². The lowest BCUT2D eigenvalue weighted by Crippen LogP contribution is -2.16. The number of thiazole rings is 1. The molecule has 1 N–H and O–H groups in total. The van der Waals surface area contributed by atoms with Gasteiger partial charge in [0.25, 0.3) is 5.91 Å². The number of nitrogens with zero attached hydrogens (tertiary/aromatic N) is 1. The second kappa shape index (κ2) is 6.15. The Kier molecular flexibility index (Phi) is 4.30. The first-order valence-electron chi connectivity index (χ1n) is 5.73. The molecule has 0 fully saturated rings. The van der Waals surface area contributed by atoms with Crippen molar-refractivity contribution in [2.75, 3.05) is 14.2 Å². The second-order valence-electron chi connectivity index (χ2n) is 3.75. The third-order valence-corrected chi connectivity index (χ3v) is 3.47. The van der Waals surface area contributed by atoms with Crippen LogP contribution in [0.5, 0.6) is 5.75 Å². The molecular formula is C14H14N2O2S. The second-order valence-corrected chi connectivity index (χ2v) is 4.81. The van der Waals surface area contributed by atoms with Gasteiger partial charge in [0.05, 0.1) is 13.3 Å². The van der Waals surface area contributed by atoms with Crippen molar-refractivity contribution in [1.29, 1.82) is 0 Å². The fourth-order valence-corrected chi connectivity index (χ4v) is 2.24. The zero-order valence-electron chi connectivity index (χ0n) is 10.7. The van der Waals surface area contributed by atoms with E-state index < -0.39 is 0 Å². The monoisotopic (exact) mass is 274 g/mol. The van der Waals surface area contributed by atoms with Gasteiger partial charge in [-0.05, 0) is 23.8 Å². The molecule has 0 radical (unpaired) electrons. The van der Waals surface area contributed by atoms with Gasteiger partial charge in [-0.15, -0.1) is 11.3 Å². The summed E-state index contributed by atoms with van der Waals surface area (Å²) < 4.78 is 5.10. The summed E-state index contributed by atoms with van der Waals surface area (Å²) in [5.41, 5.74) is 1.05. The summed E-state index contributed by atoms with van der Waals surface area (Å²) in [5.74, 6) is 0.717. The molecule has 19 heavy (non-hydrogen) atoms. The number of hydrogen-bond acceptors (Lipinski definition) is 4. The Morgan fingerprint density at radius 1 is 1.32 bits per heavy atom. The summed E-state index contributed by atoms with van der Waals surface area (Å²) in [6.07, 6.45) is 5.42. The zero-order chi connectivity index (χ0) is 13.7. The van der Waals surface area contributed by atoms with Crippen molar-refractivity contribution < 1.29 is 9.53 Å². The van der Waals surface area contributed by atoms with Crippen molar-refractivity contribution in [3.8, 4) is 5.75 Å². The van der Waals surface area contributed by atoms with Gasteiger partial charge >= 0.3 is 0 Å². The lowest BCUT2D eigenvalue weighted by atomic mass is 10.2. The summed E-state index contributed by atoms with van der Waals surface area (Å²) >= 11 is 1.36. The number of carbonyl (C=O) groups excluding carboxylic acids is 1. The fourth-order valence-electron chi connectivity index (χ4n) is 1.48. The maximum absolute atomic E-state index is 11.4. The predicted molar refractivity (Wildman–Crippen MR) is 77.4 cm³/mol. The average molecular weight is 274 g/mol. The third-order valence-electron chi connectivity index (χ3n) is 2.51. The molecule has 0 aliphatic heterocycles. The molecule has 0 unspecified atom stereocenters. The zero-order valence-corrected chi connectivity index (χ0v) is 11.5. The minimum atomic E-state index is -0.110. The van der Waals surface area contributed by atoms with Crippen molar-refractivity contribution in [1.82, 2.24) is 10.3 Å². The van der Waals surface area contributed by atoms with E-state index in [-0.39, 0.29) is 5.91 Å². The quantitative estimate of drug-likeness (QED) is 0.932. The maximum Gasteiger partial charge on any atom is 0.262 e. The lowest BCUT2D eigenvalue weighted by Gasteiger charge is -1.98. The molecule has 0 saturated heterocycles. The van der Waals surface area contributed by atoms with E-state index in [1.54, 1.807) is 20.4 Å². The lowest BCUT2D eigenvalue weighted by molar-refractivity contribution is 0.0967. The Bertz CT molecular complexity index is 588. The van der Waals surface area contributed by atoms with Crippen LogP contribution in [0, 0.1) is 0 Å². The topological polar surface area (TPSA) is 51.2 Å². The summed E-state index contributed by atoms with van der Waals surface area (Å²) in [6, 6.07) is 7.72. The molecule has 2 rings (SSSR count). The molecule has 0 aliphatic rings. The van der Waals surface area contributed by atoms with E-state index in [9.17, 15) is 4.79 Å². The summed E-state index contributed by atoms with van der Waals surface area (Å²) in [7, 11) is 3.25. The van der Waals surface area contributed by atoms with Crippen molar-refractivity contribution in [2.45, 2.75) is 0 Å². The van der Waals surface area contributed by atoms with Crippen LogP contribution in [0.2, 0.25) is 0 Å². The normalized spacial score (nSPS) is 10.6. The van der Waals surface area contributed by atoms with Gasteiger partial charge in [0.2, 0.25) is 0 Å². The van der Waals surface area contributed by atoms with Crippen LogP contribution >= 0.6 is 11.3 Å². The summed E-state index contributed by atoms with van der Waals surface area (Å²) in [5, 5.41) is 3.37. The molecule has 0 spiro atoms. The van der Waals surface area contributed by atoms with Gasteiger partial charge < -0.3 is 10.1 Å². The molecule has 1 heterocycles. The van der Waals surface area contributed by atoms with E-state index in [4.69, 9.17) is 4.74 Å². The highest BCUT2D eigenvalue weighted by molar-refractivity contribution is 7.14. The molecule has 4 nitrogen and oxygen atoms in total. The van der Waals surface area contributed by atoms with E-state index in [0.717, 1.165) is 16.3 Å². The minimum absolute atomic E-state index is 0.110. The number of rotatable bonds is 4. The molecule has 0 saturated carbocycles. The van der Waals surface area contributed by atoms with Crippen molar-refractivity contribution in [2.24, 2.45) is 0 Å². The number of amides is 1. The number of aromatic nitrogens is 1. The summed E-state index contributed by atoms with van der Waals surface area (Å²) in [4.78, 5) is 16.2. The number of carbonyl (C=O) groups is 1. The van der Waals surface area contributed by atoms with Crippen LogP contribution in [0.4, 0.5) is 0 Å². The molecule has 2 aromatic rings. The first-order valence-corrected chi connectivity index (χ1v) is 6.54. The minimum Gasteiger partial charge on any atom is -0.497 e. The van der Waals surface area contributed by atoms with E-state index in [1.807, 2.05) is 36.4 Å². The largest absolute Gasteiger partial charge is 0.497 e. The van der Waals surface area contributed by atoms with E-state index in [2.05, 4.69) is 10.3 Å². The number of hydrogen-bond donors (Lipinski definition) is 1. The number of nitrogens with one attached hydrogen (secondary N) is 1. The van der Waals surface area contributed by atoms with E-state index >= 15 is 0 Å². The molecular weight excluding hydrogens is 260 g/mol. The van der Waals surface area contributed by atoms with E-state index in [1.165, 1.54) is 11.3 Å². The van der Waals surface area contributed by atoms with Gasteiger partial charge in [0.1, 0.15) is 15.6 Å². The highest BCUT2D eigenvalue weighted by Gasteiger charge is 2.06. The van der Waals surface area contributed by atoms with Gasteiger partial charge in [0.15, 0.2) is 0 Å². The van der Waals surface area contributed by atoms with Crippen LogP contribution in [-0.2, 0) is 0 Å². The van der Waals surface area contributed by atoms with Crippen molar-refractivity contribution in [3.05, 3.63) is 45.9 Å². The SMILES string of the molecule is CNC(=O)c1cnc(C=Cc2ccc(OC)cc2)s1. The molecule has 1 aromatic heterocycles. The number of methoxy groups -OCH3 is 1. The Labute approximate surface area is 115 Å². The Hall–Kier alpha value is -2.14. The summed E-state index contributed by atoms with van der Waals surface area (Å²) in [6.45, 7) is 0. The Morgan fingerprint density at radius 3 is 2.68 bits per heavy atom. The first kappa shape index (κ1) is 13.3. The average Bonchev–Trinajstić information content (AvgIpc) is 2.93. The van der Waals surface area contributed by atoms with Crippen molar-refractivity contribution in [3.63, 3.8) is 0 Å². The predicted octanol–water partition coefficient (Wildman–Crippen LogP) is 2.68. The van der Waals surface area contributed by atoms with Crippen LogP contribution < -0.4 is 10.1 Å². The first-order chi connectivity index (χ1) is 9.22. The van der Waals surface area contributed by atoms with Gasteiger partial charge in [-0.25, -0.2) is 4.98 Å². The third kappa shape index (κ3) is 3.42. The fraction of sp³-hybridized carbons (Fsp3) is 0.143. The molecule has 1 aromatic carbocycles. The standard InChI is InChI=1S/C14H14N2O2S/c1-15-14(17)12-9-16-13(19-12)8-5-10-3-6-11(18-2)7-4-10/h3-9H,1-2H3,(H,15,17). The number of benzene rings is 1. The Morgan fingerprint density at radius 2 is 2.05 bits per heavy atom. The van der Waals surface area contributed by atoms with Gasteiger partial charge in [0, 0.05) is 7.05 Å². The Balaban J connectivity index is 2.09. The molecule has 0 atom stereocenters. The van der Waals surface area contributed by atoms with Crippen molar-refractivity contribution >= 4 is 29.4 Å². The van der Waals surface area contributed by atoms with Gasteiger partial charge in [-0.3, -0.25) is 4.79 Å². The van der Waals surface area contributed by atoms with E-state index in [0.29, 0.717) is 4.88 Å². The van der Waals surface area contributed by atoms with Crippen LogP contribution in [0.3, 0.4) is 0 Å². The van der Waals surface area contributed by atoms with Crippen LogP contribution in [0.15, 0.2) is 30.5 Å². The molecule has 98 valence electrons. The highest BCUT2D eigenvalue weighted by Crippen LogP contribution is 2.17.